The lowest BCUT2D eigenvalue weighted by atomic mass is 9.76. The van der Waals surface area contributed by atoms with E-state index in [4.69, 9.17) is 0 Å². The van der Waals surface area contributed by atoms with Gasteiger partial charge < -0.3 is 5.32 Å². The van der Waals surface area contributed by atoms with E-state index in [9.17, 15) is 5.26 Å². The van der Waals surface area contributed by atoms with Crippen LogP contribution in [0.25, 0.3) is 0 Å². The molecular formula is C27H37N3. The number of aryl methyl sites for hydroxylation is 3. The van der Waals surface area contributed by atoms with Gasteiger partial charge in [-0.05, 0) is 69.0 Å². The first-order valence-corrected chi connectivity index (χ1v) is 10.9. The van der Waals surface area contributed by atoms with E-state index in [-0.39, 0.29) is 5.92 Å². The van der Waals surface area contributed by atoms with Crippen molar-refractivity contribution in [1.29, 1.82) is 5.26 Å². The average molecular weight is 404 g/mol. The standard InChI is InChI=1S/C22H23N3.C3H8.C2H6/c1-12(2)19-16(6)25-22-14(4)11-24-15(5)20(22)21(19)18-8-7-17(10-23)9-13(18)3;1-3-2;1-2/h7-9,11,21,25H,1H2,2-6H3;3H2,1-2H3;1-2H3. The van der Waals surface area contributed by atoms with Gasteiger partial charge in [0.1, 0.15) is 0 Å². The van der Waals surface area contributed by atoms with Crippen LogP contribution in [-0.4, -0.2) is 4.98 Å². The molecule has 3 heteroatoms. The molecule has 0 amide bonds. The molecule has 3 rings (SSSR count). The summed E-state index contributed by atoms with van der Waals surface area (Å²) in [6.07, 6.45) is 3.17. The molecule has 1 aromatic carbocycles. The monoisotopic (exact) mass is 403 g/mol. The Labute approximate surface area is 183 Å². The van der Waals surface area contributed by atoms with Gasteiger partial charge in [-0.1, -0.05) is 52.3 Å². The number of anilines is 1. The van der Waals surface area contributed by atoms with Gasteiger partial charge in [0.2, 0.25) is 0 Å². The molecule has 3 nitrogen and oxygen atoms in total. The molecule has 0 radical (unpaired) electrons. The molecule has 1 unspecified atom stereocenters. The average Bonchev–Trinajstić information content (AvgIpc) is 2.71. The van der Waals surface area contributed by atoms with Crippen LogP contribution in [0.4, 0.5) is 5.69 Å². The number of rotatable bonds is 2. The molecule has 0 aliphatic carbocycles. The maximum absolute atomic E-state index is 9.19. The van der Waals surface area contributed by atoms with Crippen LogP contribution in [0.15, 0.2) is 47.8 Å². The predicted molar refractivity (Wildman–Crippen MR) is 130 cm³/mol. The smallest absolute Gasteiger partial charge is 0.0991 e. The first-order valence-electron chi connectivity index (χ1n) is 10.9. The maximum Gasteiger partial charge on any atom is 0.0991 e. The van der Waals surface area contributed by atoms with E-state index in [0.29, 0.717) is 5.56 Å². The Morgan fingerprint density at radius 1 is 1.13 bits per heavy atom. The van der Waals surface area contributed by atoms with Crippen LogP contribution in [-0.2, 0) is 0 Å². The third kappa shape index (κ3) is 5.19. The summed E-state index contributed by atoms with van der Waals surface area (Å²) in [5.41, 5.74) is 10.9. The molecule has 160 valence electrons. The van der Waals surface area contributed by atoms with Crippen molar-refractivity contribution in [1.82, 2.24) is 4.98 Å². The van der Waals surface area contributed by atoms with E-state index in [0.717, 1.165) is 33.8 Å². The zero-order valence-electron chi connectivity index (χ0n) is 20.2. The van der Waals surface area contributed by atoms with Gasteiger partial charge in [-0.25, -0.2) is 0 Å². The van der Waals surface area contributed by atoms with Crippen molar-refractivity contribution in [2.24, 2.45) is 0 Å². The molecule has 0 fully saturated rings. The lowest BCUT2D eigenvalue weighted by Crippen LogP contribution is -2.21. The number of benzene rings is 1. The number of hydrogen-bond donors (Lipinski definition) is 1. The number of nitrogens with one attached hydrogen (secondary N) is 1. The van der Waals surface area contributed by atoms with Gasteiger partial charge in [-0.2, -0.15) is 5.26 Å². The highest BCUT2D eigenvalue weighted by Gasteiger charge is 2.32. The molecule has 1 aromatic heterocycles. The zero-order chi connectivity index (χ0) is 23.0. The fraction of sp³-hybridized carbons (Fsp3) is 0.407. The van der Waals surface area contributed by atoms with Gasteiger partial charge in [-0.3, -0.25) is 4.98 Å². The maximum atomic E-state index is 9.19. The van der Waals surface area contributed by atoms with Crippen molar-refractivity contribution in [2.75, 3.05) is 5.32 Å². The van der Waals surface area contributed by atoms with Crippen molar-refractivity contribution in [3.8, 4) is 6.07 Å². The SMILES string of the molecule is C=C(C)C1=C(C)Nc2c(C)cnc(C)c2C1c1ccc(C#N)cc1C.CC.CCC. The van der Waals surface area contributed by atoms with E-state index < -0.39 is 0 Å². The van der Waals surface area contributed by atoms with E-state index in [1.165, 1.54) is 23.1 Å². The molecule has 2 aromatic rings. The third-order valence-corrected chi connectivity index (χ3v) is 4.97. The van der Waals surface area contributed by atoms with Crippen molar-refractivity contribution < 1.29 is 0 Å². The molecule has 0 saturated carbocycles. The van der Waals surface area contributed by atoms with Crippen LogP contribution >= 0.6 is 0 Å². The van der Waals surface area contributed by atoms with Crippen molar-refractivity contribution >= 4 is 5.69 Å². The molecule has 0 saturated heterocycles. The number of allylic oxidation sites excluding steroid dienone is 3. The first kappa shape index (κ1) is 25.2. The van der Waals surface area contributed by atoms with Crippen LogP contribution in [0, 0.1) is 32.1 Å². The second kappa shape index (κ2) is 11.4. The molecule has 1 aliphatic rings. The Morgan fingerprint density at radius 3 is 2.23 bits per heavy atom. The lowest BCUT2D eigenvalue weighted by molar-refractivity contribution is 0.875. The summed E-state index contributed by atoms with van der Waals surface area (Å²) < 4.78 is 0. The fourth-order valence-electron chi connectivity index (χ4n) is 3.80. The van der Waals surface area contributed by atoms with Crippen LogP contribution < -0.4 is 5.32 Å². The highest BCUT2D eigenvalue weighted by Crippen LogP contribution is 2.46. The van der Waals surface area contributed by atoms with Crippen LogP contribution in [0.2, 0.25) is 0 Å². The number of nitriles is 1. The van der Waals surface area contributed by atoms with E-state index in [2.05, 4.69) is 77.5 Å². The molecule has 0 spiro atoms. The topological polar surface area (TPSA) is 48.7 Å². The summed E-state index contributed by atoms with van der Waals surface area (Å²) >= 11 is 0. The van der Waals surface area contributed by atoms with E-state index in [1.54, 1.807) is 0 Å². The Bertz CT molecular complexity index is 974. The number of pyridine rings is 1. The quantitative estimate of drug-likeness (QED) is 0.558. The summed E-state index contributed by atoms with van der Waals surface area (Å²) in [5.74, 6) is 0.0777. The normalized spacial score (nSPS) is 14.2. The van der Waals surface area contributed by atoms with Gasteiger partial charge >= 0.3 is 0 Å². The summed E-state index contributed by atoms with van der Waals surface area (Å²) in [5, 5.41) is 12.8. The lowest BCUT2D eigenvalue weighted by Gasteiger charge is -2.34. The Morgan fingerprint density at radius 2 is 1.73 bits per heavy atom. The largest absolute Gasteiger partial charge is 0.358 e. The van der Waals surface area contributed by atoms with Crippen LogP contribution in [0.5, 0.6) is 0 Å². The van der Waals surface area contributed by atoms with Gasteiger partial charge in [0.25, 0.3) is 0 Å². The van der Waals surface area contributed by atoms with Gasteiger partial charge in [0.15, 0.2) is 0 Å². The Kier molecular flexibility index (Phi) is 9.53. The minimum absolute atomic E-state index is 0.0777. The van der Waals surface area contributed by atoms with Crippen molar-refractivity contribution in [3.05, 3.63) is 81.3 Å². The summed E-state index contributed by atoms with van der Waals surface area (Å²) in [7, 11) is 0. The summed E-state index contributed by atoms with van der Waals surface area (Å²) in [6.45, 7) is 22.8. The summed E-state index contributed by atoms with van der Waals surface area (Å²) in [6, 6.07) is 8.16. The molecular weight excluding hydrogens is 366 g/mol. The molecule has 2 heterocycles. The first-order chi connectivity index (χ1) is 14.3. The van der Waals surface area contributed by atoms with Gasteiger partial charge in [0.05, 0.1) is 11.6 Å². The minimum Gasteiger partial charge on any atom is -0.358 e. The van der Waals surface area contributed by atoms with Crippen LogP contribution in [0.1, 0.15) is 87.4 Å². The molecule has 1 N–H and O–H groups in total. The number of hydrogen-bond acceptors (Lipinski definition) is 3. The highest BCUT2D eigenvalue weighted by molar-refractivity contribution is 5.72. The molecule has 30 heavy (non-hydrogen) atoms. The Balaban J connectivity index is 0.000000826. The van der Waals surface area contributed by atoms with Gasteiger partial charge in [0, 0.05) is 34.8 Å². The number of nitrogens with zero attached hydrogens (tertiary/aromatic N) is 2. The summed E-state index contributed by atoms with van der Waals surface area (Å²) in [4.78, 5) is 4.61. The van der Waals surface area contributed by atoms with Crippen molar-refractivity contribution in [2.45, 2.75) is 74.7 Å². The number of aromatic nitrogens is 1. The highest BCUT2D eigenvalue weighted by atomic mass is 14.9. The molecule has 1 atom stereocenters. The molecule has 0 bridgehead atoms. The van der Waals surface area contributed by atoms with E-state index >= 15 is 0 Å². The third-order valence-electron chi connectivity index (χ3n) is 4.97. The fourth-order valence-corrected chi connectivity index (χ4v) is 3.80. The predicted octanol–water partition coefficient (Wildman–Crippen LogP) is 7.73. The van der Waals surface area contributed by atoms with Crippen LogP contribution in [0.3, 0.4) is 0 Å². The molecule has 1 aliphatic heterocycles. The zero-order valence-corrected chi connectivity index (χ0v) is 20.2. The Hall–Kier alpha value is -2.86. The second-order valence-corrected chi connectivity index (χ2v) is 7.58. The van der Waals surface area contributed by atoms with Crippen molar-refractivity contribution in [3.63, 3.8) is 0 Å². The van der Waals surface area contributed by atoms with Gasteiger partial charge in [-0.15, -0.1) is 0 Å². The number of fused-ring (bicyclic) bond motifs is 1. The minimum atomic E-state index is 0.0777. The second-order valence-electron chi connectivity index (χ2n) is 7.58. The van der Waals surface area contributed by atoms with E-state index in [1.807, 2.05) is 32.2 Å².